The number of carbonyl (C=O) groups is 4. The Kier molecular flexibility index (Phi) is 12.2. The number of benzene rings is 4. The molecule has 0 aliphatic rings. The molecule has 1 unspecified atom stereocenters. The third-order valence-corrected chi connectivity index (χ3v) is 9.31. The largest absolute Gasteiger partial charge is 0.497 e. The monoisotopic (exact) mass is 705 g/mol. The van der Waals surface area contributed by atoms with Crippen LogP contribution in [-0.4, -0.2) is 42.7 Å². The predicted octanol–water partition coefficient (Wildman–Crippen LogP) is 8.13. The molecule has 0 fully saturated rings. The van der Waals surface area contributed by atoms with Crippen molar-refractivity contribution in [2.75, 3.05) is 24.4 Å². The molecule has 0 saturated heterocycles. The molecule has 0 spiro atoms. The van der Waals surface area contributed by atoms with Crippen molar-refractivity contribution in [2.24, 2.45) is 0 Å². The zero-order chi connectivity index (χ0) is 35.5. The molecule has 5 rings (SSSR count). The first kappa shape index (κ1) is 35.7. The number of anilines is 2. The maximum absolute atomic E-state index is 13.6. The summed E-state index contributed by atoms with van der Waals surface area (Å²) in [7, 11) is 1.57. The fourth-order valence-electron chi connectivity index (χ4n) is 4.81. The van der Waals surface area contributed by atoms with Gasteiger partial charge in [0, 0.05) is 27.1 Å². The molecular weight excluding hydrogens is 671 g/mol. The molecular formula is C39H35N3O6S2. The first-order valence-electron chi connectivity index (χ1n) is 15.7. The highest BCUT2D eigenvalue weighted by Gasteiger charge is 2.25. The first-order chi connectivity index (χ1) is 24.2. The van der Waals surface area contributed by atoms with Crippen LogP contribution in [0.3, 0.4) is 0 Å². The number of hydrogen-bond acceptors (Lipinski definition) is 8. The molecule has 0 aliphatic heterocycles. The van der Waals surface area contributed by atoms with Crippen LogP contribution in [0.1, 0.15) is 40.1 Å². The molecule has 0 aliphatic carbocycles. The summed E-state index contributed by atoms with van der Waals surface area (Å²) in [6.07, 6.45) is 1.58. The second kappa shape index (κ2) is 17.1. The van der Waals surface area contributed by atoms with Crippen LogP contribution in [0.25, 0.3) is 17.2 Å². The van der Waals surface area contributed by atoms with E-state index in [-0.39, 0.29) is 18.2 Å². The molecule has 3 N–H and O–H groups in total. The average molecular weight is 706 g/mol. The van der Waals surface area contributed by atoms with E-state index in [2.05, 4.69) is 16.0 Å². The van der Waals surface area contributed by atoms with Crippen LogP contribution < -0.4 is 20.7 Å². The van der Waals surface area contributed by atoms with Crippen LogP contribution in [0.2, 0.25) is 0 Å². The lowest BCUT2D eigenvalue weighted by Crippen LogP contribution is -2.30. The Hall–Kier alpha value is -5.65. The van der Waals surface area contributed by atoms with E-state index in [9.17, 15) is 19.2 Å². The van der Waals surface area contributed by atoms with E-state index in [1.54, 1.807) is 99.8 Å². The summed E-state index contributed by atoms with van der Waals surface area (Å²) >= 11 is 2.55. The Morgan fingerprint density at radius 1 is 0.860 bits per heavy atom. The number of thiophene rings is 1. The molecule has 0 bridgehead atoms. The van der Waals surface area contributed by atoms with Crippen molar-refractivity contribution >= 4 is 63.6 Å². The molecule has 254 valence electrons. The molecule has 5 aromatic rings. The van der Waals surface area contributed by atoms with Crippen LogP contribution in [-0.2, 0) is 14.3 Å². The summed E-state index contributed by atoms with van der Waals surface area (Å²) in [6.45, 7) is 3.70. The number of amides is 3. The van der Waals surface area contributed by atoms with Crippen molar-refractivity contribution in [1.82, 2.24) is 5.32 Å². The maximum Gasteiger partial charge on any atom is 0.341 e. The number of thioether (sulfide) groups is 1. The molecule has 50 heavy (non-hydrogen) atoms. The van der Waals surface area contributed by atoms with Gasteiger partial charge in [0.1, 0.15) is 22.0 Å². The van der Waals surface area contributed by atoms with Crippen molar-refractivity contribution in [1.29, 1.82) is 0 Å². The van der Waals surface area contributed by atoms with Crippen LogP contribution in [0, 0.1) is 0 Å². The Morgan fingerprint density at radius 3 is 2.24 bits per heavy atom. The summed E-state index contributed by atoms with van der Waals surface area (Å²) < 4.78 is 10.6. The van der Waals surface area contributed by atoms with E-state index in [1.165, 1.54) is 23.1 Å². The summed E-state index contributed by atoms with van der Waals surface area (Å²) in [5, 5.41) is 10.2. The third kappa shape index (κ3) is 9.28. The van der Waals surface area contributed by atoms with E-state index in [4.69, 9.17) is 9.47 Å². The van der Waals surface area contributed by atoms with Crippen LogP contribution in [0.5, 0.6) is 5.75 Å². The maximum atomic E-state index is 13.6. The van der Waals surface area contributed by atoms with Gasteiger partial charge >= 0.3 is 5.97 Å². The highest BCUT2D eigenvalue weighted by atomic mass is 32.2. The van der Waals surface area contributed by atoms with Crippen LogP contribution in [0.4, 0.5) is 10.7 Å². The third-order valence-electron chi connectivity index (χ3n) is 7.32. The van der Waals surface area contributed by atoms with Gasteiger partial charge in [-0.15, -0.1) is 23.1 Å². The van der Waals surface area contributed by atoms with Gasteiger partial charge in [-0.25, -0.2) is 4.79 Å². The minimum Gasteiger partial charge on any atom is -0.497 e. The zero-order valence-corrected chi connectivity index (χ0v) is 29.2. The van der Waals surface area contributed by atoms with Crippen molar-refractivity contribution < 1.29 is 28.7 Å². The van der Waals surface area contributed by atoms with E-state index in [1.807, 2.05) is 41.8 Å². The molecule has 3 amide bonds. The van der Waals surface area contributed by atoms with Crippen molar-refractivity contribution in [3.05, 3.63) is 137 Å². The van der Waals surface area contributed by atoms with Gasteiger partial charge in [-0.05, 0) is 73.5 Å². The van der Waals surface area contributed by atoms with Crippen LogP contribution >= 0.6 is 23.1 Å². The van der Waals surface area contributed by atoms with Crippen molar-refractivity contribution in [3.8, 4) is 16.9 Å². The first-order valence-corrected chi connectivity index (χ1v) is 17.5. The molecule has 9 nitrogen and oxygen atoms in total. The minimum atomic E-state index is -0.561. The smallest absolute Gasteiger partial charge is 0.341 e. The van der Waals surface area contributed by atoms with E-state index < -0.39 is 23.0 Å². The predicted molar refractivity (Wildman–Crippen MR) is 200 cm³/mol. The lowest BCUT2D eigenvalue weighted by atomic mass is 10.0. The molecule has 1 aromatic heterocycles. The Morgan fingerprint density at radius 2 is 1.56 bits per heavy atom. The second-order valence-electron chi connectivity index (χ2n) is 10.8. The normalized spacial score (nSPS) is 11.6. The molecule has 0 radical (unpaired) electrons. The fraction of sp³-hybridized carbons (Fsp3) is 0.128. The summed E-state index contributed by atoms with van der Waals surface area (Å²) in [5.41, 5.74) is 3.44. The number of ether oxygens (including phenoxy) is 2. The fourth-order valence-corrected chi connectivity index (χ4v) is 6.70. The number of carbonyl (C=O) groups excluding carboxylic acids is 4. The number of esters is 1. The molecule has 4 aromatic carbocycles. The van der Waals surface area contributed by atoms with Crippen molar-refractivity contribution in [2.45, 2.75) is 24.0 Å². The topological polar surface area (TPSA) is 123 Å². The molecule has 0 saturated carbocycles. The van der Waals surface area contributed by atoms with Gasteiger partial charge in [0.25, 0.3) is 11.8 Å². The summed E-state index contributed by atoms with van der Waals surface area (Å²) in [6, 6.07) is 32.2. The highest BCUT2D eigenvalue weighted by Crippen LogP contribution is 2.37. The van der Waals surface area contributed by atoms with Crippen LogP contribution in [0.15, 0.2) is 125 Å². The quantitative estimate of drug-likeness (QED) is 0.0642. The SMILES string of the molecule is CCOC(=O)c1c(-c2ccccc2)csc1NC(=O)C(C)Sc1cccc(NC(=O)/C(=C\c2ccc(OC)cc2)NC(=O)c2ccccc2)c1. The van der Waals surface area contributed by atoms with Gasteiger partial charge in [-0.3, -0.25) is 14.4 Å². The zero-order valence-electron chi connectivity index (χ0n) is 27.6. The lowest BCUT2D eigenvalue weighted by Gasteiger charge is -2.14. The van der Waals surface area contributed by atoms with Crippen molar-refractivity contribution in [3.63, 3.8) is 0 Å². The van der Waals surface area contributed by atoms with E-state index in [0.29, 0.717) is 38.7 Å². The van der Waals surface area contributed by atoms with E-state index >= 15 is 0 Å². The lowest BCUT2D eigenvalue weighted by molar-refractivity contribution is -0.115. The average Bonchev–Trinajstić information content (AvgIpc) is 3.56. The summed E-state index contributed by atoms with van der Waals surface area (Å²) in [5.74, 6) is -1.11. The molecule has 1 heterocycles. The molecule has 1 atom stereocenters. The van der Waals surface area contributed by atoms with Gasteiger partial charge in [0.05, 0.1) is 19.0 Å². The summed E-state index contributed by atoms with van der Waals surface area (Å²) in [4.78, 5) is 53.6. The standard InChI is InChI=1S/C39H35N3O6S2/c1-4-48-39(46)34-32(27-12-7-5-8-13-27)24-49-38(34)42-35(43)25(2)50-31-17-11-16-29(23-31)40-37(45)33(22-26-18-20-30(47-3)21-19-26)41-36(44)28-14-9-6-10-15-28/h5-25H,4H2,1-3H3,(H,40,45)(H,41,44)(H,42,43)/b33-22+. The second-order valence-corrected chi connectivity index (χ2v) is 13.1. The Labute approximate surface area is 298 Å². The highest BCUT2D eigenvalue weighted by molar-refractivity contribution is 8.00. The number of methoxy groups -OCH3 is 1. The minimum absolute atomic E-state index is 0.0399. The Balaban J connectivity index is 1.30. The van der Waals surface area contributed by atoms with Gasteiger partial charge in [-0.2, -0.15) is 0 Å². The molecule has 11 heteroatoms. The number of hydrogen-bond donors (Lipinski definition) is 3. The van der Waals surface area contributed by atoms with E-state index in [0.717, 1.165) is 10.5 Å². The number of rotatable bonds is 13. The van der Waals surface area contributed by atoms with Gasteiger partial charge in [-0.1, -0.05) is 66.7 Å². The van der Waals surface area contributed by atoms with Gasteiger partial charge in [0.15, 0.2) is 0 Å². The van der Waals surface area contributed by atoms with Gasteiger partial charge in [0.2, 0.25) is 5.91 Å². The van der Waals surface area contributed by atoms with Gasteiger partial charge < -0.3 is 25.4 Å². The Bertz CT molecular complexity index is 1990. The number of nitrogens with one attached hydrogen (secondary N) is 3.